The van der Waals surface area contributed by atoms with Crippen molar-refractivity contribution in [2.45, 2.75) is 24.3 Å². The Morgan fingerprint density at radius 2 is 2.06 bits per heavy atom. The van der Waals surface area contributed by atoms with Gasteiger partial charge in [0.05, 0.1) is 4.90 Å². The van der Waals surface area contributed by atoms with Gasteiger partial charge in [-0.25, -0.2) is 12.8 Å². The van der Waals surface area contributed by atoms with Gasteiger partial charge in [-0.1, -0.05) is 6.92 Å². The third-order valence-electron chi connectivity index (χ3n) is 2.26. The summed E-state index contributed by atoms with van der Waals surface area (Å²) in [7, 11) is -3.44. The van der Waals surface area contributed by atoms with Gasteiger partial charge in [-0.15, -0.1) is 0 Å². The first-order valence-corrected chi connectivity index (χ1v) is 7.11. The lowest BCUT2D eigenvalue weighted by atomic mass is 10.2. The van der Waals surface area contributed by atoms with E-state index in [4.69, 9.17) is 10.5 Å². The maximum Gasteiger partial charge on any atom is 0.175 e. The van der Waals surface area contributed by atoms with Crippen molar-refractivity contribution in [3.05, 3.63) is 24.0 Å². The van der Waals surface area contributed by atoms with Crippen molar-refractivity contribution >= 4 is 9.84 Å². The molecular formula is C11H16FNO3S. The number of hydrogen-bond donors (Lipinski definition) is 1. The molecule has 0 amide bonds. The predicted octanol–water partition coefficient (Wildman–Crippen LogP) is 1.35. The van der Waals surface area contributed by atoms with Crippen LogP contribution >= 0.6 is 0 Å². The molecule has 2 N–H and O–H groups in total. The van der Waals surface area contributed by atoms with Gasteiger partial charge in [0.15, 0.2) is 9.84 Å². The molecule has 1 unspecified atom stereocenters. The maximum absolute atomic E-state index is 13.2. The average molecular weight is 261 g/mol. The van der Waals surface area contributed by atoms with Crippen molar-refractivity contribution in [2.75, 3.05) is 12.9 Å². The number of rotatable bonds is 5. The van der Waals surface area contributed by atoms with Gasteiger partial charge in [0, 0.05) is 18.4 Å². The largest absolute Gasteiger partial charge is 0.492 e. The van der Waals surface area contributed by atoms with Crippen LogP contribution in [0.5, 0.6) is 5.75 Å². The summed E-state index contributed by atoms with van der Waals surface area (Å²) in [4.78, 5) is -0.0995. The Labute approximate surface area is 101 Å². The van der Waals surface area contributed by atoms with Gasteiger partial charge in [-0.2, -0.15) is 0 Å². The zero-order valence-electron chi connectivity index (χ0n) is 9.81. The van der Waals surface area contributed by atoms with Crippen LogP contribution in [0.1, 0.15) is 13.3 Å². The van der Waals surface area contributed by atoms with Crippen molar-refractivity contribution in [1.29, 1.82) is 0 Å². The summed E-state index contributed by atoms with van der Waals surface area (Å²) in [5.74, 6) is -0.470. The third kappa shape index (κ3) is 4.32. The Kier molecular flexibility index (Phi) is 4.47. The Morgan fingerprint density at radius 3 is 2.59 bits per heavy atom. The first kappa shape index (κ1) is 13.9. The summed E-state index contributed by atoms with van der Waals surface area (Å²) in [5, 5.41) is 0. The number of hydrogen-bond acceptors (Lipinski definition) is 4. The van der Waals surface area contributed by atoms with Crippen LogP contribution in [-0.4, -0.2) is 27.3 Å². The first-order valence-electron chi connectivity index (χ1n) is 5.22. The monoisotopic (exact) mass is 261 g/mol. The second-order valence-electron chi connectivity index (χ2n) is 3.87. The number of nitrogens with two attached hydrogens (primary N) is 1. The molecule has 0 aliphatic heterocycles. The summed E-state index contributed by atoms with van der Waals surface area (Å²) in [5.41, 5.74) is 5.65. The molecule has 0 fully saturated rings. The molecule has 1 atom stereocenters. The lowest BCUT2D eigenvalue weighted by molar-refractivity contribution is 0.283. The zero-order chi connectivity index (χ0) is 13.1. The Bertz CT molecular complexity index is 487. The van der Waals surface area contributed by atoms with E-state index in [2.05, 4.69) is 0 Å². The predicted molar refractivity (Wildman–Crippen MR) is 63.3 cm³/mol. The van der Waals surface area contributed by atoms with E-state index in [9.17, 15) is 12.8 Å². The Balaban J connectivity index is 2.91. The van der Waals surface area contributed by atoms with E-state index in [0.29, 0.717) is 0 Å². The fourth-order valence-electron chi connectivity index (χ4n) is 1.16. The number of halogens is 1. The van der Waals surface area contributed by atoms with E-state index in [0.717, 1.165) is 24.8 Å². The molecular weight excluding hydrogens is 245 g/mol. The molecule has 6 heteroatoms. The Morgan fingerprint density at radius 1 is 1.41 bits per heavy atom. The van der Waals surface area contributed by atoms with Gasteiger partial charge in [0.1, 0.15) is 18.2 Å². The normalized spacial score (nSPS) is 13.4. The summed E-state index contributed by atoms with van der Waals surface area (Å²) < 4.78 is 41.0. The van der Waals surface area contributed by atoms with Crippen LogP contribution < -0.4 is 10.5 Å². The molecule has 0 bridgehead atoms. The molecule has 0 radical (unpaired) electrons. The van der Waals surface area contributed by atoms with E-state index in [-0.39, 0.29) is 23.3 Å². The molecule has 0 aromatic heterocycles. The molecule has 0 aliphatic carbocycles. The van der Waals surface area contributed by atoms with Gasteiger partial charge in [-0.05, 0) is 18.6 Å². The molecule has 1 aromatic rings. The molecule has 0 spiro atoms. The number of sulfone groups is 1. The fraction of sp³-hybridized carbons (Fsp3) is 0.455. The second kappa shape index (κ2) is 5.46. The summed E-state index contributed by atoms with van der Waals surface area (Å²) in [6.07, 6.45) is 1.75. The van der Waals surface area contributed by atoms with Crippen molar-refractivity contribution in [3.8, 4) is 5.75 Å². The minimum atomic E-state index is -3.44. The Hall–Kier alpha value is -1.14. The van der Waals surface area contributed by atoms with E-state index in [1.807, 2.05) is 6.92 Å². The van der Waals surface area contributed by atoms with Crippen molar-refractivity contribution in [1.82, 2.24) is 0 Å². The molecule has 1 aromatic carbocycles. The third-order valence-corrected chi connectivity index (χ3v) is 3.35. The summed E-state index contributed by atoms with van der Waals surface area (Å²) >= 11 is 0. The van der Waals surface area contributed by atoms with Crippen LogP contribution in [0, 0.1) is 5.82 Å². The molecule has 17 heavy (non-hydrogen) atoms. The molecule has 0 saturated heterocycles. The number of benzene rings is 1. The van der Waals surface area contributed by atoms with E-state index >= 15 is 0 Å². The van der Waals surface area contributed by atoms with Gasteiger partial charge in [0.2, 0.25) is 0 Å². The lowest BCUT2D eigenvalue weighted by Gasteiger charge is -2.11. The van der Waals surface area contributed by atoms with Crippen LogP contribution in [0.25, 0.3) is 0 Å². The summed E-state index contributed by atoms with van der Waals surface area (Å²) in [6.45, 7) is 2.13. The van der Waals surface area contributed by atoms with Crippen molar-refractivity contribution < 1.29 is 17.5 Å². The number of ether oxygens (including phenoxy) is 1. The van der Waals surface area contributed by atoms with Gasteiger partial charge in [-0.3, -0.25) is 0 Å². The molecule has 0 aliphatic rings. The highest BCUT2D eigenvalue weighted by molar-refractivity contribution is 7.90. The minimum Gasteiger partial charge on any atom is -0.492 e. The standard InChI is InChI=1S/C11H16FNO3S/c1-3-9(13)7-16-10-4-8(12)5-11(6-10)17(2,14)15/h4-6,9H,3,7,13H2,1-2H3. The van der Waals surface area contributed by atoms with E-state index in [1.165, 1.54) is 6.07 Å². The highest BCUT2D eigenvalue weighted by Crippen LogP contribution is 2.20. The van der Waals surface area contributed by atoms with E-state index in [1.54, 1.807) is 0 Å². The smallest absolute Gasteiger partial charge is 0.175 e. The lowest BCUT2D eigenvalue weighted by Crippen LogP contribution is -2.26. The van der Waals surface area contributed by atoms with E-state index < -0.39 is 15.7 Å². The SMILES string of the molecule is CCC(N)COc1cc(F)cc(S(C)(=O)=O)c1. The molecule has 0 heterocycles. The summed E-state index contributed by atoms with van der Waals surface area (Å²) in [6, 6.07) is 3.24. The van der Waals surface area contributed by atoms with Crippen LogP contribution in [0.2, 0.25) is 0 Å². The maximum atomic E-state index is 13.2. The van der Waals surface area contributed by atoms with Crippen molar-refractivity contribution in [2.24, 2.45) is 5.73 Å². The first-order chi connectivity index (χ1) is 7.82. The molecule has 96 valence electrons. The van der Waals surface area contributed by atoms with Crippen LogP contribution in [0.15, 0.2) is 23.1 Å². The van der Waals surface area contributed by atoms with Crippen LogP contribution in [-0.2, 0) is 9.84 Å². The van der Waals surface area contributed by atoms with Gasteiger partial charge >= 0.3 is 0 Å². The quantitative estimate of drug-likeness (QED) is 0.868. The molecule has 0 saturated carbocycles. The van der Waals surface area contributed by atoms with Crippen LogP contribution in [0.3, 0.4) is 0 Å². The molecule has 1 rings (SSSR count). The van der Waals surface area contributed by atoms with Gasteiger partial charge < -0.3 is 10.5 Å². The zero-order valence-corrected chi connectivity index (χ0v) is 10.6. The second-order valence-corrected chi connectivity index (χ2v) is 5.89. The highest BCUT2D eigenvalue weighted by atomic mass is 32.2. The van der Waals surface area contributed by atoms with Crippen LogP contribution in [0.4, 0.5) is 4.39 Å². The topological polar surface area (TPSA) is 69.4 Å². The highest BCUT2D eigenvalue weighted by Gasteiger charge is 2.11. The van der Waals surface area contributed by atoms with Crippen molar-refractivity contribution in [3.63, 3.8) is 0 Å². The fourth-order valence-corrected chi connectivity index (χ4v) is 1.81. The van der Waals surface area contributed by atoms with Gasteiger partial charge in [0.25, 0.3) is 0 Å². The minimum absolute atomic E-state index is 0.0995. The molecule has 4 nitrogen and oxygen atoms in total. The average Bonchev–Trinajstić information content (AvgIpc) is 2.24.